The van der Waals surface area contributed by atoms with Crippen LogP contribution in [0, 0.1) is 6.92 Å². The first-order chi connectivity index (χ1) is 9.63. The highest BCUT2D eigenvalue weighted by Crippen LogP contribution is 2.21. The van der Waals surface area contributed by atoms with Crippen molar-refractivity contribution in [2.45, 2.75) is 13.8 Å². The lowest BCUT2D eigenvalue weighted by molar-refractivity contribution is 0.0527. The van der Waals surface area contributed by atoms with Gasteiger partial charge in [0.05, 0.1) is 12.3 Å². The van der Waals surface area contributed by atoms with Gasteiger partial charge in [-0.05, 0) is 26.0 Å². The molecule has 0 fully saturated rings. The van der Waals surface area contributed by atoms with Crippen LogP contribution in [-0.4, -0.2) is 28.5 Å². The Hall–Kier alpha value is -2.63. The fraction of sp³-hybridized carbons (Fsp3) is 0.214. The lowest BCUT2D eigenvalue weighted by Crippen LogP contribution is -2.15. The number of anilines is 1. The van der Waals surface area contributed by atoms with E-state index in [1.807, 2.05) is 0 Å². The number of aryl methyl sites for hydroxylation is 1. The molecule has 20 heavy (non-hydrogen) atoms. The Balaban J connectivity index is 2.22. The highest BCUT2D eigenvalue weighted by atomic mass is 16.5. The molecule has 0 aliphatic rings. The fourth-order valence-corrected chi connectivity index (χ4v) is 1.79. The van der Waals surface area contributed by atoms with E-state index < -0.39 is 5.97 Å². The Kier molecular flexibility index (Phi) is 4.14. The number of aromatic nitrogens is 2. The van der Waals surface area contributed by atoms with Crippen molar-refractivity contribution in [2.75, 3.05) is 11.9 Å². The molecule has 0 aromatic carbocycles. The average molecular weight is 273 g/mol. The molecule has 2 heterocycles. The van der Waals surface area contributed by atoms with Gasteiger partial charge in [0, 0.05) is 29.8 Å². The number of amides is 1. The third-order valence-electron chi connectivity index (χ3n) is 2.75. The van der Waals surface area contributed by atoms with Gasteiger partial charge in [0.25, 0.3) is 5.91 Å². The molecule has 0 radical (unpaired) electrons. The summed E-state index contributed by atoms with van der Waals surface area (Å²) in [4.78, 5) is 30.7. The lowest BCUT2D eigenvalue weighted by atomic mass is 10.2. The fourth-order valence-electron chi connectivity index (χ4n) is 1.79. The summed E-state index contributed by atoms with van der Waals surface area (Å²) >= 11 is 0. The van der Waals surface area contributed by atoms with Gasteiger partial charge in [0.15, 0.2) is 0 Å². The molecule has 0 saturated carbocycles. The van der Waals surface area contributed by atoms with Crippen molar-refractivity contribution >= 4 is 17.6 Å². The van der Waals surface area contributed by atoms with E-state index in [4.69, 9.17) is 4.74 Å². The van der Waals surface area contributed by atoms with Crippen LogP contribution in [0.25, 0.3) is 0 Å². The predicted octanol–water partition coefficient (Wildman–Crippen LogP) is 2.15. The van der Waals surface area contributed by atoms with E-state index in [0.29, 0.717) is 22.5 Å². The maximum absolute atomic E-state index is 12.1. The molecule has 0 aliphatic carbocycles. The molecule has 2 aromatic heterocycles. The van der Waals surface area contributed by atoms with Crippen molar-refractivity contribution in [1.82, 2.24) is 9.97 Å². The minimum atomic E-state index is -0.462. The second kappa shape index (κ2) is 6.01. The zero-order valence-corrected chi connectivity index (χ0v) is 11.3. The molecule has 0 bridgehead atoms. The number of pyridine rings is 1. The number of aromatic amines is 1. The Morgan fingerprint density at radius 2 is 2.05 bits per heavy atom. The number of nitrogens with zero attached hydrogens (tertiary/aromatic N) is 1. The second-order valence-corrected chi connectivity index (χ2v) is 4.11. The maximum Gasteiger partial charge on any atom is 0.342 e. The summed E-state index contributed by atoms with van der Waals surface area (Å²) in [7, 11) is 0. The molecule has 104 valence electrons. The Morgan fingerprint density at radius 1 is 1.35 bits per heavy atom. The zero-order valence-electron chi connectivity index (χ0n) is 11.3. The average Bonchev–Trinajstić information content (AvgIpc) is 2.81. The first kappa shape index (κ1) is 13.8. The van der Waals surface area contributed by atoms with E-state index in [1.165, 1.54) is 12.4 Å². The van der Waals surface area contributed by atoms with Crippen LogP contribution < -0.4 is 5.32 Å². The Labute approximate surface area is 116 Å². The largest absolute Gasteiger partial charge is 0.462 e. The molecule has 0 atom stereocenters. The Morgan fingerprint density at radius 3 is 2.70 bits per heavy atom. The van der Waals surface area contributed by atoms with Gasteiger partial charge in [0.2, 0.25) is 0 Å². The highest BCUT2D eigenvalue weighted by molar-refractivity contribution is 6.08. The molecular formula is C14H15N3O3. The summed E-state index contributed by atoms with van der Waals surface area (Å²) in [6.45, 7) is 3.75. The topological polar surface area (TPSA) is 84.1 Å². The van der Waals surface area contributed by atoms with Crippen LogP contribution in [0.3, 0.4) is 0 Å². The van der Waals surface area contributed by atoms with Gasteiger partial charge < -0.3 is 15.0 Å². The van der Waals surface area contributed by atoms with E-state index in [0.717, 1.165) is 0 Å². The molecule has 0 aliphatic heterocycles. The summed E-state index contributed by atoms with van der Waals surface area (Å²) in [5, 5.41) is 2.69. The third kappa shape index (κ3) is 2.85. The zero-order chi connectivity index (χ0) is 14.5. The Bertz CT molecular complexity index is 620. The smallest absolute Gasteiger partial charge is 0.342 e. The van der Waals surface area contributed by atoms with Gasteiger partial charge in [0.1, 0.15) is 5.56 Å². The normalized spacial score (nSPS) is 10.1. The summed E-state index contributed by atoms with van der Waals surface area (Å²) in [6, 6.07) is 3.19. The first-order valence-corrected chi connectivity index (χ1v) is 6.20. The van der Waals surface area contributed by atoms with Crippen LogP contribution in [0.4, 0.5) is 5.69 Å². The predicted molar refractivity (Wildman–Crippen MR) is 73.7 cm³/mol. The number of hydrogen-bond donors (Lipinski definition) is 2. The second-order valence-electron chi connectivity index (χ2n) is 4.11. The van der Waals surface area contributed by atoms with Gasteiger partial charge in [-0.3, -0.25) is 9.78 Å². The van der Waals surface area contributed by atoms with E-state index in [2.05, 4.69) is 15.3 Å². The minimum Gasteiger partial charge on any atom is -0.462 e. The van der Waals surface area contributed by atoms with Gasteiger partial charge >= 0.3 is 5.97 Å². The number of esters is 1. The van der Waals surface area contributed by atoms with Crippen molar-refractivity contribution < 1.29 is 14.3 Å². The van der Waals surface area contributed by atoms with Crippen molar-refractivity contribution in [3.63, 3.8) is 0 Å². The molecule has 2 aromatic rings. The van der Waals surface area contributed by atoms with E-state index in [1.54, 1.807) is 32.2 Å². The quantitative estimate of drug-likeness (QED) is 0.836. The van der Waals surface area contributed by atoms with Crippen LogP contribution >= 0.6 is 0 Å². The van der Waals surface area contributed by atoms with Crippen molar-refractivity contribution in [3.05, 3.63) is 47.5 Å². The number of carbonyl (C=O) groups excluding carboxylic acids is 2. The molecule has 2 rings (SSSR count). The molecule has 0 unspecified atom stereocenters. The number of nitrogens with one attached hydrogen (secondary N) is 2. The summed E-state index contributed by atoms with van der Waals surface area (Å²) in [5.74, 6) is -0.770. The first-order valence-electron chi connectivity index (χ1n) is 6.20. The van der Waals surface area contributed by atoms with Crippen molar-refractivity contribution in [3.8, 4) is 0 Å². The molecule has 0 saturated heterocycles. The SMILES string of the molecule is CCOC(=O)c1c(NC(=O)c2ccncc2)c[nH]c1C. The van der Waals surface area contributed by atoms with Crippen LogP contribution in [-0.2, 0) is 4.74 Å². The third-order valence-corrected chi connectivity index (χ3v) is 2.75. The van der Waals surface area contributed by atoms with Gasteiger partial charge in [-0.25, -0.2) is 4.79 Å². The highest BCUT2D eigenvalue weighted by Gasteiger charge is 2.19. The van der Waals surface area contributed by atoms with E-state index in [9.17, 15) is 9.59 Å². The molecule has 2 N–H and O–H groups in total. The van der Waals surface area contributed by atoms with Crippen LogP contribution in [0.15, 0.2) is 30.7 Å². The molecule has 6 nitrogen and oxygen atoms in total. The monoisotopic (exact) mass is 273 g/mol. The standard InChI is InChI=1S/C14H15N3O3/c1-3-20-14(19)12-9(2)16-8-11(12)17-13(18)10-4-6-15-7-5-10/h4-8,16H,3H2,1-2H3,(H,17,18). The summed E-state index contributed by atoms with van der Waals surface area (Å²) in [6.07, 6.45) is 4.63. The van der Waals surface area contributed by atoms with Crippen molar-refractivity contribution in [2.24, 2.45) is 0 Å². The molecule has 0 spiro atoms. The van der Waals surface area contributed by atoms with E-state index in [-0.39, 0.29) is 12.5 Å². The number of ether oxygens (including phenoxy) is 1. The number of rotatable bonds is 4. The van der Waals surface area contributed by atoms with E-state index >= 15 is 0 Å². The van der Waals surface area contributed by atoms with Crippen LogP contribution in [0.5, 0.6) is 0 Å². The summed E-state index contributed by atoms with van der Waals surface area (Å²) in [5.41, 5.74) is 1.86. The van der Waals surface area contributed by atoms with Gasteiger partial charge in [-0.1, -0.05) is 0 Å². The van der Waals surface area contributed by atoms with Gasteiger partial charge in [-0.2, -0.15) is 0 Å². The number of hydrogen-bond acceptors (Lipinski definition) is 4. The number of carbonyl (C=O) groups is 2. The molecule has 1 amide bonds. The minimum absolute atomic E-state index is 0.279. The van der Waals surface area contributed by atoms with Crippen molar-refractivity contribution in [1.29, 1.82) is 0 Å². The summed E-state index contributed by atoms with van der Waals surface area (Å²) < 4.78 is 4.97. The van der Waals surface area contributed by atoms with Crippen LogP contribution in [0.2, 0.25) is 0 Å². The van der Waals surface area contributed by atoms with Gasteiger partial charge in [-0.15, -0.1) is 0 Å². The number of H-pyrrole nitrogens is 1. The molecular weight excluding hydrogens is 258 g/mol. The lowest BCUT2D eigenvalue weighted by Gasteiger charge is -2.07. The molecule has 6 heteroatoms. The maximum atomic E-state index is 12.1. The van der Waals surface area contributed by atoms with Crippen LogP contribution in [0.1, 0.15) is 33.3 Å².